The Labute approximate surface area is 176 Å². The third-order valence-corrected chi connectivity index (χ3v) is 6.16. The number of benzene rings is 1. The van der Waals surface area contributed by atoms with Crippen LogP contribution < -0.4 is 14.7 Å². The van der Waals surface area contributed by atoms with E-state index in [1.54, 1.807) is 29.2 Å². The molecule has 1 aromatic heterocycles. The SMILES string of the molecule is CC[NH+]1CCN(c2ccc(N3CCN(C(=O)c4ccc(Cl)cc4)CC3)nn2)CC1. The molecule has 1 N–H and O–H groups in total. The molecule has 7 nitrogen and oxygen atoms in total. The Balaban J connectivity index is 1.32. The van der Waals surface area contributed by atoms with Gasteiger partial charge in [-0.25, -0.2) is 0 Å². The summed E-state index contributed by atoms with van der Waals surface area (Å²) in [5.74, 6) is 1.89. The van der Waals surface area contributed by atoms with Crippen LogP contribution in [0.4, 0.5) is 11.6 Å². The number of quaternary nitrogens is 1. The predicted molar refractivity (Wildman–Crippen MR) is 115 cm³/mol. The van der Waals surface area contributed by atoms with Crippen molar-refractivity contribution in [2.45, 2.75) is 6.92 Å². The predicted octanol–water partition coefficient (Wildman–Crippen LogP) is 0.817. The van der Waals surface area contributed by atoms with Crippen molar-refractivity contribution in [1.29, 1.82) is 0 Å². The van der Waals surface area contributed by atoms with Gasteiger partial charge in [0.2, 0.25) is 0 Å². The number of aromatic nitrogens is 2. The molecule has 2 aliphatic heterocycles. The maximum Gasteiger partial charge on any atom is 0.253 e. The summed E-state index contributed by atoms with van der Waals surface area (Å²) in [6.45, 7) is 10.7. The van der Waals surface area contributed by atoms with Gasteiger partial charge in [0.05, 0.1) is 32.7 Å². The zero-order chi connectivity index (χ0) is 20.2. The highest BCUT2D eigenvalue weighted by Crippen LogP contribution is 2.18. The van der Waals surface area contributed by atoms with Crippen LogP contribution in [0.5, 0.6) is 0 Å². The van der Waals surface area contributed by atoms with E-state index in [1.165, 1.54) is 6.54 Å². The first-order chi connectivity index (χ1) is 14.1. The van der Waals surface area contributed by atoms with Gasteiger partial charge in [-0.05, 0) is 43.3 Å². The van der Waals surface area contributed by atoms with Crippen LogP contribution in [-0.4, -0.2) is 79.9 Å². The van der Waals surface area contributed by atoms with Crippen molar-refractivity contribution in [3.05, 3.63) is 47.0 Å². The molecule has 1 aromatic carbocycles. The van der Waals surface area contributed by atoms with E-state index in [0.29, 0.717) is 23.7 Å². The summed E-state index contributed by atoms with van der Waals surface area (Å²) < 4.78 is 0. The highest BCUT2D eigenvalue weighted by molar-refractivity contribution is 6.30. The van der Waals surface area contributed by atoms with E-state index in [0.717, 1.165) is 50.9 Å². The lowest BCUT2D eigenvalue weighted by molar-refractivity contribution is -0.898. The second kappa shape index (κ2) is 8.97. The molecule has 0 spiro atoms. The Hall–Kier alpha value is -2.38. The van der Waals surface area contributed by atoms with E-state index in [-0.39, 0.29) is 5.91 Å². The zero-order valence-electron chi connectivity index (χ0n) is 16.9. The molecule has 0 unspecified atom stereocenters. The van der Waals surface area contributed by atoms with E-state index in [2.05, 4.69) is 39.1 Å². The topological polar surface area (TPSA) is 57.0 Å². The van der Waals surface area contributed by atoms with Gasteiger partial charge < -0.3 is 19.6 Å². The molecular formula is C21H28ClN6O+. The van der Waals surface area contributed by atoms with E-state index >= 15 is 0 Å². The van der Waals surface area contributed by atoms with Crippen molar-refractivity contribution in [1.82, 2.24) is 15.1 Å². The molecule has 2 aromatic rings. The van der Waals surface area contributed by atoms with Gasteiger partial charge in [-0.2, -0.15) is 0 Å². The molecule has 0 aliphatic carbocycles. The van der Waals surface area contributed by atoms with Crippen LogP contribution >= 0.6 is 11.6 Å². The molecular weight excluding hydrogens is 388 g/mol. The van der Waals surface area contributed by atoms with Crippen molar-refractivity contribution < 1.29 is 9.69 Å². The standard InChI is InChI=1S/C21H27ClN6O/c1-2-25-9-11-26(12-10-25)19-7-8-20(24-23-19)27-13-15-28(16-14-27)21(29)17-3-5-18(22)6-4-17/h3-8H,2,9-16H2,1H3/p+1. The average molecular weight is 416 g/mol. The largest absolute Gasteiger partial charge is 0.352 e. The molecule has 0 radical (unpaired) electrons. The van der Waals surface area contributed by atoms with Crippen molar-refractivity contribution >= 4 is 29.1 Å². The molecule has 1 amide bonds. The Morgan fingerprint density at radius 2 is 1.45 bits per heavy atom. The van der Waals surface area contributed by atoms with Crippen molar-refractivity contribution in [2.75, 3.05) is 68.7 Å². The summed E-state index contributed by atoms with van der Waals surface area (Å²) in [6, 6.07) is 11.2. The molecule has 29 heavy (non-hydrogen) atoms. The maximum atomic E-state index is 12.6. The van der Waals surface area contributed by atoms with E-state index < -0.39 is 0 Å². The molecule has 2 saturated heterocycles. The lowest BCUT2D eigenvalue weighted by atomic mass is 10.2. The quantitative estimate of drug-likeness (QED) is 0.801. The van der Waals surface area contributed by atoms with E-state index in [9.17, 15) is 4.79 Å². The number of hydrogen-bond donors (Lipinski definition) is 1. The molecule has 0 saturated carbocycles. The highest BCUT2D eigenvalue weighted by atomic mass is 35.5. The van der Waals surface area contributed by atoms with Crippen molar-refractivity contribution in [3.63, 3.8) is 0 Å². The first kappa shape index (κ1) is 19.9. The third-order valence-electron chi connectivity index (χ3n) is 5.91. The number of piperazine rings is 2. The third kappa shape index (κ3) is 4.62. The van der Waals surface area contributed by atoms with Gasteiger partial charge in [0.15, 0.2) is 11.6 Å². The van der Waals surface area contributed by atoms with Gasteiger partial charge in [-0.1, -0.05) is 11.6 Å². The molecule has 154 valence electrons. The van der Waals surface area contributed by atoms with Crippen LogP contribution in [0.2, 0.25) is 5.02 Å². The minimum Gasteiger partial charge on any atom is -0.352 e. The molecule has 2 aliphatic rings. The number of hydrogen-bond acceptors (Lipinski definition) is 5. The summed E-state index contributed by atoms with van der Waals surface area (Å²) in [7, 11) is 0. The number of carbonyl (C=O) groups excluding carboxylic acids is 1. The second-order valence-corrected chi connectivity index (χ2v) is 8.06. The second-order valence-electron chi connectivity index (χ2n) is 7.63. The summed E-state index contributed by atoms with van der Waals surface area (Å²) in [5, 5.41) is 9.57. The van der Waals surface area contributed by atoms with Crippen LogP contribution in [0.1, 0.15) is 17.3 Å². The molecule has 3 heterocycles. The maximum absolute atomic E-state index is 12.6. The van der Waals surface area contributed by atoms with Gasteiger partial charge in [0, 0.05) is 36.8 Å². The van der Waals surface area contributed by atoms with Gasteiger partial charge >= 0.3 is 0 Å². The van der Waals surface area contributed by atoms with Crippen LogP contribution in [0, 0.1) is 0 Å². The van der Waals surface area contributed by atoms with Crippen LogP contribution in [0.25, 0.3) is 0 Å². The molecule has 4 rings (SSSR count). The van der Waals surface area contributed by atoms with Crippen molar-refractivity contribution in [3.8, 4) is 0 Å². The fraction of sp³-hybridized carbons (Fsp3) is 0.476. The first-order valence-corrected chi connectivity index (χ1v) is 10.7. The van der Waals surface area contributed by atoms with Gasteiger partial charge in [-0.15, -0.1) is 10.2 Å². The number of carbonyl (C=O) groups is 1. The van der Waals surface area contributed by atoms with Crippen LogP contribution in [-0.2, 0) is 0 Å². The molecule has 8 heteroatoms. The lowest BCUT2D eigenvalue weighted by Crippen LogP contribution is -3.14. The minimum atomic E-state index is 0.0519. The number of nitrogens with one attached hydrogen (secondary N) is 1. The molecule has 0 bridgehead atoms. The fourth-order valence-electron chi connectivity index (χ4n) is 3.97. The smallest absolute Gasteiger partial charge is 0.253 e. The number of amides is 1. The summed E-state index contributed by atoms with van der Waals surface area (Å²) in [6.07, 6.45) is 0. The first-order valence-electron chi connectivity index (χ1n) is 10.4. The molecule has 0 atom stereocenters. The molecule has 2 fully saturated rings. The monoisotopic (exact) mass is 415 g/mol. The normalized spacial score (nSPS) is 18.2. The number of nitrogens with zero attached hydrogens (tertiary/aromatic N) is 5. The van der Waals surface area contributed by atoms with Crippen molar-refractivity contribution in [2.24, 2.45) is 0 Å². The van der Waals surface area contributed by atoms with E-state index in [1.807, 2.05) is 4.90 Å². The van der Waals surface area contributed by atoms with Crippen LogP contribution in [0.3, 0.4) is 0 Å². The Kier molecular flexibility index (Phi) is 6.16. The number of rotatable bonds is 4. The van der Waals surface area contributed by atoms with Crippen LogP contribution in [0.15, 0.2) is 36.4 Å². The highest BCUT2D eigenvalue weighted by Gasteiger charge is 2.24. The summed E-state index contributed by atoms with van der Waals surface area (Å²) in [5.41, 5.74) is 0.678. The Morgan fingerprint density at radius 1 is 0.897 bits per heavy atom. The Bertz CT molecular complexity index is 812. The Morgan fingerprint density at radius 3 is 1.97 bits per heavy atom. The van der Waals surface area contributed by atoms with Gasteiger partial charge in [0.1, 0.15) is 0 Å². The number of likely N-dealkylation sites (N-methyl/N-ethyl adjacent to an activating group) is 1. The minimum absolute atomic E-state index is 0.0519. The average Bonchev–Trinajstić information content (AvgIpc) is 2.79. The van der Waals surface area contributed by atoms with E-state index in [4.69, 9.17) is 11.6 Å². The van der Waals surface area contributed by atoms with Gasteiger partial charge in [-0.3, -0.25) is 4.79 Å². The summed E-state index contributed by atoms with van der Waals surface area (Å²) in [4.78, 5) is 20.7. The number of anilines is 2. The number of halogens is 1. The lowest BCUT2D eigenvalue weighted by Gasteiger charge is -2.35. The fourth-order valence-corrected chi connectivity index (χ4v) is 4.10. The zero-order valence-corrected chi connectivity index (χ0v) is 17.6. The summed E-state index contributed by atoms with van der Waals surface area (Å²) >= 11 is 5.91. The van der Waals surface area contributed by atoms with Gasteiger partial charge in [0.25, 0.3) is 5.91 Å².